The molecule has 0 N–H and O–H groups in total. The fourth-order valence-electron chi connectivity index (χ4n) is 2.80. The lowest BCUT2D eigenvalue weighted by molar-refractivity contribution is -0.287. The van der Waals surface area contributed by atoms with Gasteiger partial charge in [0, 0.05) is 10.9 Å². The van der Waals surface area contributed by atoms with Crippen molar-refractivity contribution >= 4 is 32.9 Å². The first kappa shape index (κ1) is 25.1. The van der Waals surface area contributed by atoms with Crippen molar-refractivity contribution in [1.29, 1.82) is 0 Å². The molecule has 0 unspecified atom stereocenters. The van der Waals surface area contributed by atoms with E-state index in [-0.39, 0.29) is 16.2 Å². The first-order valence-corrected chi connectivity index (χ1v) is 11.3. The van der Waals surface area contributed by atoms with Crippen molar-refractivity contribution in [3.05, 3.63) is 33.6 Å². The van der Waals surface area contributed by atoms with Crippen LogP contribution in [0.3, 0.4) is 0 Å². The summed E-state index contributed by atoms with van der Waals surface area (Å²) in [6.45, 7) is -1.08. The van der Waals surface area contributed by atoms with E-state index in [0.29, 0.717) is 6.07 Å². The van der Waals surface area contributed by atoms with Gasteiger partial charge in [0.05, 0.1) is 28.9 Å². The van der Waals surface area contributed by atoms with E-state index in [4.69, 9.17) is 0 Å². The maximum Gasteiger partial charge on any atom is 0.458 e. The molecule has 0 bridgehead atoms. The summed E-state index contributed by atoms with van der Waals surface area (Å²) in [6, 6.07) is 1.11. The molecular formula is C17H12F8N2O4S2. The quantitative estimate of drug-likeness (QED) is 0.513. The van der Waals surface area contributed by atoms with E-state index in [2.05, 4.69) is 9.72 Å². The van der Waals surface area contributed by atoms with Crippen molar-refractivity contribution < 1.29 is 53.1 Å². The van der Waals surface area contributed by atoms with Crippen LogP contribution < -0.4 is 9.64 Å². The van der Waals surface area contributed by atoms with Crippen LogP contribution in [0.2, 0.25) is 0 Å². The molecule has 0 radical (unpaired) electrons. The van der Waals surface area contributed by atoms with Gasteiger partial charge in [-0.15, -0.1) is 11.3 Å². The highest BCUT2D eigenvalue weighted by Gasteiger charge is 2.60. The molecule has 3 rings (SSSR count). The number of amides is 1. The number of rotatable bonds is 6. The van der Waals surface area contributed by atoms with Gasteiger partial charge in [-0.05, 0) is 6.07 Å². The van der Waals surface area contributed by atoms with Gasteiger partial charge in [-0.25, -0.2) is 13.4 Å². The zero-order valence-electron chi connectivity index (χ0n) is 16.2. The molecule has 2 aromatic heterocycles. The molecule has 1 aliphatic heterocycles. The molecule has 182 valence electrons. The minimum atomic E-state index is -5.88. The number of nitrogens with zero attached hydrogens (tertiary/aromatic N) is 2. The summed E-state index contributed by atoms with van der Waals surface area (Å²) >= 11 is 0.0317. The van der Waals surface area contributed by atoms with Crippen LogP contribution in [-0.4, -0.2) is 44.0 Å². The van der Waals surface area contributed by atoms with Crippen LogP contribution in [0, 0.1) is 0 Å². The Morgan fingerprint density at radius 2 is 1.76 bits per heavy atom. The van der Waals surface area contributed by atoms with E-state index < -0.39 is 79.8 Å². The van der Waals surface area contributed by atoms with E-state index in [0.717, 1.165) is 17.2 Å². The largest absolute Gasteiger partial charge is 0.482 e. The Hall–Kier alpha value is -2.49. The molecule has 2 aromatic rings. The summed E-state index contributed by atoms with van der Waals surface area (Å²) in [5, 5.41) is 0. The summed E-state index contributed by atoms with van der Waals surface area (Å²) in [4.78, 5) is 14.9. The molecule has 6 nitrogen and oxygen atoms in total. The van der Waals surface area contributed by atoms with Crippen molar-refractivity contribution in [1.82, 2.24) is 4.98 Å². The van der Waals surface area contributed by atoms with Crippen molar-refractivity contribution in [2.24, 2.45) is 0 Å². The Bertz CT molecular complexity index is 1190. The molecule has 1 amide bonds. The van der Waals surface area contributed by atoms with Gasteiger partial charge in [0.2, 0.25) is 0 Å². The topological polar surface area (TPSA) is 76.6 Å². The minimum absolute atomic E-state index is 0.0317. The van der Waals surface area contributed by atoms with Gasteiger partial charge in [-0.3, -0.25) is 9.69 Å². The second kappa shape index (κ2) is 8.07. The third kappa shape index (κ3) is 4.76. The molecule has 1 aliphatic rings. The highest BCUT2D eigenvalue weighted by atomic mass is 32.2. The highest BCUT2D eigenvalue weighted by Crippen LogP contribution is 2.48. The molecule has 33 heavy (non-hydrogen) atoms. The van der Waals surface area contributed by atoms with E-state index in [1.165, 1.54) is 6.92 Å². The predicted molar refractivity (Wildman–Crippen MR) is 98.3 cm³/mol. The molecule has 3 heterocycles. The smallest absolute Gasteiger partial charge is 0.458 e. The lowest BCUT2D eigenvalue weighted by atomic mass is 10.2. The Morgan fingerprint density at radius 1 is 1.12 bits per heavy atom. The molecule has 0 saturated heterocycles. The van der Waals surface area contributed by atoms with Crippen molar-refractivity contribution in [2.75, 3.05) is 17.3 Å². The molecule has 0 aliphatic carbocycles. The summed E-state index contributed by atoms with van der Waals surface area (Å²) < 4.78 is 132. The van der Waals surface area contributed by atoms with Gasteiger partial charge in [-0.1, -0.05) is 6.92 Å². The van der Waals surface area contributed by atoms with E-state index in [9.17, 15) is 48.3 Å². The number of anilines is 1. The number of carbonyl (C=O) groups excluding carboxylic acids is 1. The lowest BCUT2D eigenvalue weighted by Gasteiger charge is -2.20. The van der Waals surface area contributed by atoms with Gasteiger partial charge < -0.3 is 4.74 Å². The summed E-state index contributed by atoms with van der Waals surface area (Å²) in [7, 11) is -4.17. The lowest BCUT2D eigenvalue weighted by Crippen LogP contribution is -2.33. The van der Waals surface area contributed by atoms with E-state index in [1.54, 1.807) is 0 Å². The van der Waals surface area contributed by atoms with Gasteiger partial charge in [-0.2, -0.15) is 35.1 Å². The molecule has 0 spiro atoms. The number of pyridine rings is 1. The minimum Gasteiger partial charge on any atom is -0.482 e. The predicted octanol–water partition coefficient (Wildman–Crippen LogP) is 4.69. The number of halogens is 8. The number of carbonyl (C=O) groups is 1. The van der Waals surface area contributed by atoms with Crippen molar-refractivity contribution in [3.8, 4) is 5.75 Å². The Balaban J connectivity index is 1.99. The average molecular weight is 524 g/mol. The van der Waals surface area contributed by atoms with Crippen molar-refractivity contribution in [3.63, 3.8) is 0 Å². The first-order chi connectivity index (χ1) is 15.0. The van der Waals surface area contributed by atoms with Crippen LogP contribution in [0.5, 0.6) is 5.75 Å². The third-order valence-electron chi connectivity index (χ3n) is 4.43. The van der Waals surface area contributed by atoms with Crippen LogP contribution in [0.15, 0.2) is 23.2 Å². The van der Waals surface area contributed by atoms with Crippen LogP contribution >= 0.6 is 11.3 Å². The number of sulfone groups is 1. The van der Waals surface area contributed by atoms with Crippen molar-refractivity contribution in [2.45, 2.75) is 36.6 Å². The Morgan fingerprint density at radius 3 is 2.27 bits per heavy atom. The second-order valence-electron chi connectivity index (χ2n) is 6.71. The summed E-state index contributed by atoms with van der Waals surface area (Å²) in [5.41, 5.74) is -0.488. The standard InChI is InChI=1S/C17H12F8N2O4S2/c1-2-33(29,30)11-3-8(31-7-15(18,19)20)5-26-13(11)27-6-10-9(14(27)28)4-12(32-10)16(21,22)17(23,24)25/h3-5H,2,6-7H2,1H3. The van der Waals surface area contributed by atoms with Crippen LogP contribution in [-0.2, 0) is 22.3 Å². The molecular weight excluding hydrogens is 512 g/mol. The van der Waals surface area contributed by atoms with E-state index >= 15 is 0 Å². The molecule has 0 atom stereocenters. The number of ether oxygens (including phenoxy) is 1. The number of hydrogen-bond acceptors (Lipinski definition) is 6. The molecule has 16 heteroatoms. The Kier molecular flexibility index (Phi) is 6.15. The van der Waals surface area contributed by atoms with Gasteiger partial charge in [0.1, 0.15) is 10.6 Å². The maximum absolute atomic E-state index is 13.6. The van der Waals surface area contributed by atoms with Crippen LogP contribution in [0.25, 0.3) is 0 Å². The fraction of sp³-hybridized carbons (Fsp3) is 0.412. The summed E-state index contributed by atoms with van der Waals surface area (Å²) in [6.07, 6.45) is -9.87. The number of fused-ring (bicyclic) bond motifs is 1. The average Bonchev–Trinajstić information content (AvgIpc) is 3.25. The summed E-state index contributed by atoms with van der Waals surface area (Å²) in [5.74, 6) is -7.89. The third-order valence-corrected chi connectivity index (χ3v) is 7.35. The fourth-order valence-corrected chi connectivity index (χ4v) is 4.99. The highest BCUT2D eigenvalue weighted by molar-refractivity contribution is 7.91. The SMILES string of the molecule is CCS(=O)(=O)c1cc(OCC(F)(F)F)cnc1N1Cc2sc(C(F)(F)C(F)(F)F)cc2C1=O. The van der Waals surface area contributed by atoms with Crippen LogP contribution in [0.1, 0.15) is 27.0 Å². The first-order valence-electron chi connectivity index (χ1n) is 8.80. The second-order valence-corrected chi connectivity index (χ2v) is 10.1. The molecule has 0 saturated carbocycles. The number of thiophene rings is 1. The van der Waals surface area contributed by atoms with Gasteiger partial charge in [0.15, 0.2) is 22.3 Å². The monoisotopic (exact) mass is 524 g/mol. The van der Waals surface area contributed by atoms with Gasteiger partial charge >= 0.3 is 18.3 Å². The van der Waals surface area contributed by atoms with Gasteiger partial charge in [0.25, 0.3) is 5.91 Å². The number of hydrogen-bond donors (Lipinski definition) is 0. The number of aromatic nitrogens is 1. The number of alkyl halides is 8. The van der Waals surface area contributed by atoms with Crippen LogP contribution in [0.4, 0.5) is 40.9 Å². The normalized spacial score (nSPS) is 15.2. The molecule has 0 fully saturated rings. The maximum atomic E-state index is 13.6. The zero-order chi connectivity index (χ0) is 25.0. The van der Waals surface area contributed by atoms with E-state index in [1.807, 2.05) is 0 Å². The Labute approximate surface area is 184 Å². The zero-order valence-corrected chi connectivity index (χ0v) is 17.9. The molecule has 0 aromatic carbocycles.